The summed E-state index contributed by atoms with van der Waals surface area (Å²) in [6, 6.07) is 0. The highest BCUT2D eigenvalue weighted by Crippen LogP contribution is 2.14. The van der Waals surface area contributed by atoms with Crippen LogP contribution in [0, 0.1) is 0 Å². The van der Waals surface area contributed by atoms with Crippen molar-refractivity contribution in [2.24, 2.45) is 0 Å². The Kier molecular flexibility index (Phi) is 5.69. The Hall–Kier alpha value is -1.24. The number of allylic oxidation sites excluding steroid dienone is 4. The summed E-state index contributed by atoms with van der Waals surface area (Å²) in [7, 11) is 0. The first kappa shape index (κ1) is 11.8. The molecule has 1 heteroatoms. The van der Waals surface area contributed by atoms with Gasteiger partial charge >= 0.3 is 0 Å². The van der Waals surface area contributed by atoms with Gasteiger partial charge in [-0.15, -0.1) is 0 Å². The Labute approximate surface area is 81.8 Å². The largest absolute Gasteiger partial charge is 0.325 e. The van der Waals surface area contributed by atoms with Crippen LogP contribution in [0.4, 0.5) is 0 Å². The molecule has 1 aliphatic rings. The first-order chi connectivity index (χ1) is 6.24. The van der Waals surface area contributed by atoms with Gasteiger partial charge in [0, 0.05) is 18.1 Å². The van der Waals surface area contributed by atoms with Gasteiger partial charge in [0.1, 0.15) is 0 Å². The van der Waals surface area contributed by atoms with E-state index in [2.05, 4.69) is 25.8 Å². The van der Waals surface area contributed by atoms with E-state index in [-0.39, 0.29) is 0 Å². The zero-order valence-electron chi connectivity index (χ0n) is 9.04. The van der Waals surface area contributed by atoms with E-state index in [1.807, 2.05) is 44.0 Å². The van der Waals surface area contributed by atoms with Gasteiger partial charge in [0.05, 0.1) is 0 Å². The molecule has 0 spiro atoms. The average Bonchev–Trinajstić information content (AvgIpc) is 2.15. The second-order valence-electron chi connectivity index (χ2n) is 2.59. The zero-order chi connectivity index (χ0) is 10.3. The minimum atomic E-state index is 1.01. The molecule has 0 aliphatic carbocycles. The standard InChI is InChI=1S/C10H13N.C2H6/c1-4-7-11-8-9(2)5-6-10(11)3;1-2/h4-8H,3H2,1-2H3;1-2H3/b7-4-;. The van der Waals surface area contributed by atoms with E-state index >= 15 is 0 Å². The van der Waals surface area contributed by atoms with E-state index in [4.69, 9.17) is 0 Å². The number of nitrogens with zero attached hydrogens (tertiary/aromatic N) is 1. The van der Waals surface area contributed by atoms with Crippen LogP contribution >= 0.6 is 0 Å². The molecule has 1 heterocycles. The van der Waals surface area contributed by atoms with Gasteiger partial charge in [-0.25, -0.2) is 0 Å². The Bertz CT molecular complexity index is 244. The van der Waals surface area contributed by atoms with Crippen LogP contribution in [0.3, 0.4) is 0 Å². The van der Waals surface area contributed by atoms with Crippen molar-refractivity contribution >= 4 is 0 Å². The van der Waals surface area contributed by atoms with Gasteiger partial charge in [-0.1, -0.05) is 32.6 Å². The number of hydrogen-bond donors (Lipinski definition) is 0. The van der Waals surface area contributed by atoms with Gasteiger partial charge in [0.25, 0.3) is 0 Å². The summed E-state index contributed by atoms with van der Waals surface area (Å²) >= 11 is 0. The van der Waals surface area contributed by atoms with Crippen LogP contribution in [0.2, 0.25) is 0 Å². The third-order valence-corrected chi connectivity index (χ3v) is 1.52. The molecule has 0 atom stereocenters. The SMILES string of the molecule is C=C1C=CC(C)=CN1/C=C\C.CC. The molecule has 0 aromatic heterocycles. The summed E-state index contributed by atoms with van der Waals surface area (Å²) in [6.45, 7) is 12.0. The summed E-state index contributed by atoms with van der Waals surface area (Å²) in [6.07, 6.45) is 10.1. The van der Waals surface area contributed by atoms with Crippen LogP contribution in [0.5, 0.6) is 0 Å². The molecular weight excluding hydrogens is 158 g/mol. The van der Waals surface area contributed by atoms with Crippen LogP contribution in [-0.4, -0.2) is 4.90 Å². The summed E-state index contributed by atoms with van der Waals surface area (Å²) in [4.78, 5) is 2.01. The van der Waals surface area contributed by atoms with Crippen LogP contribution in [0.25, 0.3) is 0 Å². The topological polar surface area (TPSA) is 3.24 Å². The number of rotatable bonds is 1. The molecule has 0 aromatic rings. The van der Waals surface area contributed by atoms with Crippen LogP contribution in [0.1, 0.15) is 27.7 Å². The lowest BCUT2D eigenvalue weighted by atomic mass is 10.2. The maximum absolute atomic E-state index is 3.89. The molecule has 0 N–H and O–H groups in total. The van der Waals surface area contributed by atoms with E-state index in [1.165, 1.54) is 5.57 Å². The zero-order valence-corrected chi connectivity index (χ0v) is 9.04. The summed E-state index contributed by atoms with van der Waals surface area (Å²) in [5, 5.41) is 0. The highest BCUT2D eigenvalue weighted by atomic mass is 15.1. The molecule has 0 amide bonds. The van der Waals surface area contributed by atoms with Gasteiger partial charge in [-0.2, -0.15) is 0 Å². The molecule has 72 valence electrons. The van der Waals surface area contributed by atoms with Crippen molar-refractivity contribution in [1.29, 1.82) is 0 Å². The Morgan fingerprint density at radius 3 is 2.46 bits per heavy atom. The first-order valence-corrected chi connectivity index (χ1v) is 4.70. The molecule has 0 saturated carbocycles. The van der Waals surface area contributed by atoms with Crippen molar-refractivity contribution in [1.82, 2.24) is 4.90 Å². The molecule has 0 radical (unpaired) electrons. The fourth-order valence-corrected chi connectivity index (χ4v) is 0.958. The minimum absolute atomic E-state index is 1.01. The van der Waals surface area contributed by atoms with Gasteiger partial charge < -0.3 is 4.90 Å². The molecule has 0 aromatic carbocycles. The Morgan fingerprint density at radius 1 is 1.31 bits per heavy atom. The van der Waals surface area contributed by atoms with Crippen LogP contribution in [0.15, 0.2) is 48.5 Å². The molecule has 1 aliphatic heterocycles. The van der Waals surface area contributed by atoms with Crippen molar-refractivity contribution < 1.29 is 0 Å². The van der Waals surface area contributed by atoms with E-state index in [1.54, 1.807) is 0 Å². The maximum atomic E-state index is 3.89. The summed E-state index contributed by atoms with van der Waals surface area (Å²) < 4.78 is 0. The smallest absolute Gasteiger partial charge is 0.0377 e. The van der Waals surface area contributed by atoms with Crippen molar-refractivity contribution in [2.45, 2.75) is 27.7 Å². The predicted molar refractivity (Wildman–Crippen MR) is 60.0 cm³/mol. The first-order valence-electron chi connectivity index (χ1n) is 4.70. The lowest BCUT2D eigenvalue weighted by molar-refractivity contribution is 0.641. The lowest BCUT2D eigenvalue weighted by Crippen LogP contribution is -2.09. The highest BCUT2D eigenvalue weighted by molar-refractivity contribution is 5.32. The Balaban J connectivity index is 0.000000671. The molecular formula is C12H19N. The fourth-order valence-electron chi connectivity index (χ4n) is 0.958. The molecule has 1 nitrogen and oxygen atoms in total. The van der Waals surface area contributed by atoms with Crippen molar-refractivity contribution in [3.05, 3.63) is 48.5 Å². The summed E-state index contributed by atoms with van der Waals surface area (Å²) in [5.41, 5.74) is 2.25. The molecule has 0 unspecified atom stereocenters. The molecule has 0 bridgehead atoms. The quantitative estimate of drug-likeness (QED) is 0.588. The third-order valence-electron chi connectivity index (χ3n) is 1.52. The summed E-state index contributed by atoms with van der Waals surface area (Å²) in [5.74, 6) is 0. The van der Waals surface area contributed by atoms with E-state index in [9.17, 15) is 0 Å². The molecule has 1 rings (SSSR count). The molecule has 0 saturated heterocycles. The minimum Gasteiger partial charge on any atom is -0.325 e. The van der Waals surface area contributed by atoms with Crippen LogP contribution < -0.4 is 0 Å². The van der Waals surface area contributed by atoms with E-state index < -0.39 is 0 Å². The monoisotopic (exact) mass is 177 g/mol. The van der Waals surface area contributed by atoms with Gasteiger partial charge in [-0.3, -0.25) is 0 Å². The van der Waals surface area contributed by atoms with E-state index in [0.717, 1.165) is 5.70 Å². The van der Waals surface area contributed by atoms with E-state index in [0.29, 0.717) is 0 Å². The van der Waals surface area contributed by atoms with Crippen molar-refractivity contribution in [2.75, 3.05) is 0 Å². The van der Waals surface area contributed by atoms with Crippen LogP contribution in [-0.2, 0) is 0 Å². The lowest BCUT2D eigenvalue weighted by Gasteiger charge is -2.19. The average molecular weight is 177 g/mol. The third kappa shape index (κ3) is 3.79. The van der Waals surface area contributed by atoms with Gasteiger partial charge in [0.2, 0.25) is 0 Å². The van der Waals surface area contributed by atoms with Crippen molar-refractivity contribution in [3.63, 3.8) is 0 Å². The van der Waals surface area contributed by atoms with Gasteiger partial charge in [-0.05, 0) is 25.5 Å². The fraction of sp³-hybridized carbons (Fsp3) is 0.333. The second kappa shape index (κ2) is 6.30. The second-order valence-corrected chi connectivity index (χ2v) is 2.59. The predicted octanol–water partition coefficient (Wildman–Crippen LogP) is 3.84. The van der Waals surface area contributed by atoms with Gasteiger partial charge in [0.15, 0.2) is 0 Å². The maximum Gasteiger partial charge on any atom is 0.0377 e. The normalized spacial score (nSPS) is 15.5. The Morgan fingerprint density at radius 2 is 1.92 bits per heavy atom. The van der Waals surface area contributed by atoms with Crippen molar-refractivity contribution in [3.8, 4) is 0 Å². The highest BCUT2D eigenvalue weighted by Gasteiger charge is 2.01. The number of hydrogen-bond acceptors (Lipinski definition) is 1. The molecule has 13 heavy (non-hydrogen) atoms. The molecule has 0 fully saturated rings.